The van der Waals surface area contributed by atoms with Gasteiger partial charge in [0.2, 0.25) is 11.8 Å². The van der Waals surface area contributed by atoms with E-state index in [4.69, 9.17) is 4.74 Å². The van der Waals surface area contributed by atoms with Crippen molar-refractivity contribution >= 4 is 35.1 Å². The largest absolute Gasteiger partial charge is 0.455 e. The van der Waals surface area contributed by atoms with Crippen molar-refractivity contribution in [2.75, 3.05) is 36.5 Å². The predicted octanol–water partition coefficient (Wildman–Crippen LogP) is 2.88. The first-order valence-electron chi connectivity index (χ1n) is 11.6. The summed E-state index contributed by atoms with van der Waals surface area (Å²) in [4.78, 5) is 53.3. The molecule has 2 aliphatic rings. The van der Waals surface area contributed by atoms with Gasteiger partial charge in [-0.05, 0) is 37.0 Å². The molecule has 0 spiro atoms. The molecule has 0 saturated carbocycles. The van der Waals surface area contributed by atoms with Crippen molar-refractivity contribution < 1.29 is 23.9 Å². The molecule has 2 heterocycles. The molecule has 8 heteroatoms. The molecule has 34 heavy (non-hydrogen) atoms. The third-order valence-corrected chi connectivity index (χ3v) is 6.66. The summed E-state index contributed by atoms with van der Waals surface area (Å²) < 4.78 is 5.52. The topological polar surface area (TPSA) is 96.0 Å². The van der Waals surface area contributed by atoms with Gasteiger partial charge in [0, 0.05) is 33.0 Å². The first-order chi connectivity index (χ1) is 16.4. The summed E-state index contributed by atoms with van der Waals surface area (Å²) in [6, 6.07) is 16.5. The second-order valence-corrected chi connectivity index (χ2v) is 8.74. The number of ether oxygens (including phenoxy) is 1. The second kappa shape index (κ2) is 10.1. The SMILES string of the molecule is CC(=O)N1CCC(C(=O)OCC(=O)Nc2ccccc2N2CCCC2=O)(c2ccccc2)CC1. The minimum Gasteiger partial charge on any atom is -0.455 e. The van der Waals surface area contributed by atoms with Crippen molar-refractivity contribution in [1.29, 1.82) is 0 Å². The Labute approximate surface area is 198 Å². The van der Waals surface area contributed by atoms with Crippen LogP contribution in [-0.2, 0) is 29.3 Å². The monoisotopic (exact) mass is 463 g/mol. The van der Waals surface area contributed by atoms with Crippen molar-refractivity contribution in [3.05, 3.63) is 60.2 Å². The Morgan fingerprint density at radius 3 is 2.29 bits per heavy atom. The number of anilines is 2. The number of likely N-dealkylation sites (tertiary alicyclic amines) is 1. The van der Waals surface area contributed by atoms with E-state index in [0.717, 1.165) is 12.0 Å². The van der Waals surface area contributed by atoms with E-state index in [9.17, 15) is 19.2 Å². The fraction of sp³-hybridized carbons (Fsp3) is 0.385. The van der Waals surface area contributed by atoms with E-state index in [1.807, 2.05) is 36.4 Å². The van der Waals surface area contributed by atoms with Crippen LogP contribution in [0.1, 0.15) is 38.2 Å². The molecule has 3 amide bonds. The quantitative estimate of drug-likeness (QED) is 0.665. The number of para-hydroxylation sites is 2. The van der Waals surface area contributed by atoms with Crippen molar-refractivity contribution in [1.82, 2.24) is 4.90 Å². The molecule has 0 atom stereocenters. The fourth-order valence-electron chi connectivity index (χ4n) is 4.74. The van der Waals surface area contributed by atoms with Crippen LogP contribution in [0.15, 0.2) is 54.6 Å². The van der Waals surface area contributed by atoms with Crippen molar-refractivity contribution in [3.63, 3.8) is 0 Å². The Morgan fingerprint density at radius 1 is 0.971 bits per heavy atom. The van der Waals surface area contributed by atoms with Gasteiger partial charge in [-0.2, -0.15) is 0 Å². The van der Waals surface area contributed by atoms with Gasteiger partial charge in [0.1, 0.15) is 0 Å². The normalized spacial score (nSPS) is 17.4. The zero-order valence-corrected chi connectivity index (χ0v) is 19.3. The fourth-order valence-corrected chi connectivity index (χ4v) is 4.74. The number of nitrogens with one attached hydrogen (secondary N) is 1. The van der Waals surface area contributed by atoms with Gasteiger partial charge < -0.3 is 19.9 Å². The maximum Gasteiger partial charge on any atom is 0.317 e. The number of esters is 1. The van der Waals surface area contributed by atoms with Crippen molar-refractivity contribution in [2.45, 2.75) is 38.0 Å². The summed E-state index contributed by atoms with van der Waals surface area (Å²) >= 11 is 0. The maximum atomic E-state index is 13.3. The number of carbonyl (C=O) groups excluding carboxylic acids is 4. The van der Waals surface area contributed by atoms with Gasteiger partial charge in [-0.25, -0.2) is 0 Å². The van der Waals surface area contributed by atoms with Crippen LogP contribution in [-0.4, -0.2) is 54.8 Å². The van der Waals surface area contributed by atoms with Gasteiger partial charge in [-0.1, -0.05) is 42.5 Å². The molecule has 2 aromatic rings. The summed E-state index contributed by atoms with van der Waals surface area (Å²) in [6.07, 6.45) is 2.12. The molecule has 4 rings (SSSR count). The molecule has 8 nitrogen and oxygen atoms in total. The van der Waals surface area contributed by atoms with Gasteiger partial charge in [0.05, 0.1) is 16.8 Å². The summed E-state index contributed by atoms with van der Waals surface area (Å²) in [5.74, 6) is -0.948. The molecule has 1 N–H and O–H groups in total. The van der Waals surface area contributed by atoms with Crippen LogP contribution in [0, 0.1) is 0 Å². The zero-order valence-electron chi connectivity index (χ0n) is 19.3. The Kier molecular flexibility index (Phi) is 6.95. The lowest BCUT2D eigenvalue weighted by Crippen LogP contribution is -2.49. The highest BCUT2D eigenvalue weighted by Crippen LogP contribution is 2.37. The molecular weight excluding hydrogens is 434 g/mol. The predicted molar refractivity (Wildman–Crippen MR) is 127 cm³/mol. The molecule has 178 valence electrons. The van der Waals surface area contributed by atoms with Gasteiger partial charge in [-0.3, -0.25) is 19.2 Å². The highest BCUT2D eigenvalue weighted by atomic mass is 16.5. The summed E-state index contributed by atoms with van der Waals surface area (Å²) in [5.41, 5.74) is 1.06. The lowest BCUT2D eigenvalue weighted by Gasteiger charge is -2.40. The summed E-state index contributed by atoms with van der Waals surface area (Å²) in [7, 11) is 0. The number of nitrogens with zero attached hydrogens (tertiary/aromatic N) is 2. The lowest BCUT2D eigenvalue weighted by molar-refractivity contribution is -0.156. The molecule has 2 fully saturated rings. The van der Waals surface area contributed by atoms with Crippen LogP contribution < -0.4 is 10.2 Å². The number of amides is 3. The van der Waals surface area contributed by atoms with Gasteiger partial charge >= 0.3 is 5.97 Å². The highest BCUT2D eigenvalue weighted by Gasteiger charge is 2.45. The molecule has 0 bridgehead atoms. The number of benzene rings is 2. The molecule has 0 aliphatic carbocycles. The average molecular weight is 464 g/mol. The number of piperidine rings is 1. The molecule has 2 aliphatic heterocycles. The zero-order chi connectivity index (χ0) is 24.1. The van der Waals surface area contributed by atoms with E-state index in [2.05, 4.69) is 5.32 Å². The Hall–Kier alpha value is -3.68. The van der Waals surface area contributed by atoms with Crippen LogP contribution >= 0.6 is 0 Å². The van der Waals surface area contributed by atoms with Gasteiger partial charge in [-0.15, -0.1) is 0 Å². The van der Waals surface area contributed by atoms with Crippen LogP contribution in [0.4, 0.5) is 11.4 Å². The number of carbonyl (C=O) groups is 4. The minimum absolute atomic E-state index is 0.0230. The smallest absolute Gasteiger partial charge is 0.317 e. The molecular formula is C26H29N3O5. The van der Waals surface area contributed by atoms with Crippen LogP contribution in [0.5, 0.6) is 0 Å². The lowest BCUT2D eigenvalue weighted by atomic mass is 9.72. The first-order valence-corrected chi connectivity index (χ1v) is 11.6. The first kappa shape index (κ1) is 23.5. The van der Waals surface area contributed by atoms with E-state index in [1.54, 1.807) is 28.0 Å². The van der Waals surface area contributed by atoms with E-state index in [1.165, 1.54) is 6.92 Å². The Morgan fingerprint density at radius 2 is 1.65 bits per heavy atom. The van der Waals surface area contributed by atoms with E-state index < -0.39 is 23.9 Å². The minimum atomic E-state index is -0.909. The maximum absolute atomic E-state index is 13.3. The standard InChI is InChI=1S/C26H29N3O5/c1-19(30)28-16-13-26(14-17-28,20-8-3-2-4-9-20)25(33)34-18-23(31)27-21-10-5-6-11-22(21)29-15-7-12-24(29)32/h2-6,8-11H,7,12-18H2,1H3,(H,27,31). The third-order valence-electron chi connectivity index (χ3n) is 6.66. The summed E-state index contributed by atoms with van der Waals surface area (Å²) in [6.45, 7) is 2.58. The Balaban J connectivity index is 1.44. The second-order valence-electron chi connectivity index (χ2n) is 8.74. The molecule has 2 aromatic carbocycles. The van der Waals surface area contributed by atoms with E-state index in [0.29, 0.717) is 50.3 Å². The number of hydrogen-bond acceptors (Lipinski definition) is 5. The highest BCUT2D eigenvalue weighted by molar-refractivity contribution is 6.02. The number of rotatable bonds is 6. The third kappa shape index (κ3) is 4.81. The van der Waals surface area contributed by atoms with Gasteiger partial charge in [0.15, 0.2) is 6.61 Å². The molecule has 0 aromatic heterocycles. The van der Waals surface area contributed by atoms with Crippen LogP contribution in [0.3, 0.4) is 0 Å². The molecule has 0 radical (unpaired) electrons. The van der Waals surface area contributed by atoms with E-state index in [-0.39, 0.29) is 11.8 Å². The number of hydrogen-bond donors (Lipinski definition) is 1. The van der Waals surface area contributed by atoms with Crippen molar-refractivity contribution in [2.24, 2.45) is 0 Å². The van der Waals surface area contributed by atoms with Crippen LogP contribution in [0.2, 0.25) is 0 Å². The van der Waals surface area contributed by atoms with E-state index >= 15 is 0 Å². The molecule has 0 unspecified atom stereocenters. The van der Waals surface area contributed by atoms with Gasteiger partial charge in [0.25, 0.3) is 5.91 Å². The Bertz CT molecular complexity index is 1080. The molecule has 2 saturated heterocycles. The van der Waals surface area contributed by atoms with Crippen molar-refractivity contribution in [3.8, 4) is 0 Å². The average Bonchev–Trinajstić information content (AvgIpc) is 3.29. The summed E-state index contributed by atoms with van der Waals surface area (Å²) in [5, 5.41) is 2.78. The van der Waals surface area contributed by atoms with Crippen LogP contribution in [0.25, 0.3) is 0 Å².